The Hall–Kier alpha value is -0.400. The first-order valence-electron chi connectivity index (χ1n) is 4.49. The molecule has 1 rings (SSSR count). The molecule has 4 nitrogen and oxygen atoms in total. The quantitative estimate of drug-likeness (QED) is 0.459. The van der Waals surface area contributed by atoms with Crippen LogP contribution in [0.15, 0.2) is 24.3 Å². The van der Waals surface area contributed by atoms with Crippen molar-refractivity contribution in [3.63, 3.8) is 0 Å². The molecule has 1 aromatic rings. The van der Waals surface area contributed by atoms with Gasteiger partial charge in [-0.05, 0) is 30.3 Å². The van der Waals surface area contributed by atoms with Crippen molar-refractivity contribution in [3.05, 3.63) is 29.8 Å². The van der Waals surface area contributed by atoms with Crippen LogP contribution in [-0.2, 0) is 6.42 Å². The predicted molar refractivity (Wildman–Crippen MR) is 70.0 cm³/mol. The summed E-state index contributed by atoms with van der Waals surface area (Å²) in [6.45, 7) is 2.06. The van der Waals surface area contributed by atoms with Crippen LogP contribution in [0, 0.1) is 0 Å². The van der Waals surface area contributed by atoms with Gasteiger partial charge in [-0.15, -0.1) is 0 Å². The molecular formula is C10H13N2NaO2S2. The predicted octanol–water partition coefficient (Wildman–Crippen LogP) is -2.53. The third-order valence-electron chi connectivity index (χ3n) is 1.56. The fourth-order valence-electron chi connectivity index (χ4n) is 1.00. The summed E-state index contributed by atoms with van der Waals surface area (Å²) in [6, 6.07) is 7.71. The average Bonchev–Trinajstić information content (AvgIpc) is 2.17. The summed E-state index contributed by atoms with van der Waals surface area (Å²) in [5.74, 6) is 0.757. The average molecular weight is 280 g/mol. The van der Waals surface area contributed by atoms with E-state index >= 15 is 0 Å². The van der Waals surface area contributed by atoms with Crippen LogP contribution in [0.3, 0.4) is 0 Å². The second-order valence-corrected chi connectivity index (χ2v) is 3.51. The molecule has 0 aliphatic rings. The Morgan fingerprint density at radius 3 is 2.18 bits per heavy atom. The summed E-state index contributed by atoms with van der Waals surface area (Å²) in [5, 5.41) is 8.35. The van der Waals surface area contributed by atoms with E-state index in [1.54, 1.807) is 0 Å². The third kappa shape index (κ3) is 10.5. The topological polar surface area (TPSA) is 84.3 Å². The minimum Gasteiger partial charge on any atom is -0.852 e. The van der Waals surface area contributed by atoms with E-state index < -0.39 is 5.17 Å². The van der Waals surface area contributed by atoms with Crippen LogP contribution >= 0.6 is 24.4 Å². The number of thiocarbonyl (C=S) groups is 2. The Kier molecular flexibility index (Phi) is 12.0. The minimum atomic E-state index is -0.750. The van der Waals surface area contributed by atoms with Crippen LogP contribution in [0.5, 0.6) is 5.75 Å². The van der Waals surface area contributed by atoms with Gasteiger partial charge in [0.25, 0.3) is 5.17 Å². The standard InChI is InChI=1S/C9H11NOS.CH3NOS.Na/c1-2-7-5-3-4-6-8(7)11-9(10)12;2-1(3)4;/h3-6H,2H2,1H3,(H2,10,12);(H3,2,3,4);/q;;+1/p-1. The Balaban J connectivity index is 0. The molecule has 0 aliphatic carbocycles. The van der Waals surface area contributed by atoms with Gasteiger partial charge >= 0.3 is 29.6 Å². The second-order valence-electron chi connectivity index (χ2n) is 2.70. The van der Waals surface area contributed by atoms with E-state index in [0.29, 0.717) is 0 Å². The smallest absolute Gasteiger partial charge is 0.852 e. The van der Waals surface area contributed by atoms with Crippen LogP contribution in [-0.4, -0.2) is 10.3 Å². The number of aryl methyl sites for hydroxylation is 1. The molecule has 0 radical (unpaired) electrons. The van der Waals surface area contributed by atoms with E-state index in [4.69, 9.17) is 15.6 Å². The van der Waals surface area contributed by atoms with E-state index in [1.807, 2.05) is 24.3 Å². The van der Waals surface area contributed by atoms with Crippen LogP contribution in [0.4, 0.5) is 0 Å². The number of hydrogen-bond acceptors (Lipinski definition) is 4. The maximum Gasteiger partial charge on any atom is 1.00 e. The Morgan fingerprint density at radius 2 is 1.76 bits per heavy atom. The summed E-state index contributed by atoms with van der Waals surface area (Å²) in [5.41, 5.74) is 10.7. The molecule has 0 saturated carbocycles. The van der Waals surface area contributed by atoms with Crippen molar-refractivity contribution < 1.29 is 39.4 Å². The zero-order chi connectivity index (χ0) is 12.6. The molecular weight excluding hydrogens is 267 g/mol. The molecule has 88 valence electrons. The van der Waals surface area contributed by atoms with Crippen molar-refractivity contribution in [1.82, 2.24) is 0 Å². The fourth-order valence-corrected chi connectivity index (χ4v) is 1.09. The fraction of sp³-hybridized carbons (Fsp3) is 0.200. The van der Waals surface area contributed by atoms with Crippen molar-refractivity contribution in [2.75, 3.05) is 0 Å². The normalized spacial score (nSPS) is 8.06. The summed E-state index contributed by atoms with van der Waals surface area (Å²) >= 11 is 8.40. The Morgan fingerprint density at radius 1 is 1.29 bits per heavy atom. The number of nitrogens with two attached hydrogens (primary N) is 2. The van der Waals surface area contributed by atoms with E-state index in [2.05, 4.69) is 37.1 Å². The summed E-state index contributed by atoms with van der Waals surface area (Å²) in [4.78, 5) is 0. The van der Waals surface area contributed by atoms with E-state index in [-0.39, 0.29) is 34.7 Å². The second kappa shape index (κ2) is 10.7. The van der Waals surface area contributed by atoms with E-state index in [0.717, 1.165) is 17.7 Å². The Bertz CT molecular complexity index is 371. The molecule has 0 fully saturated rings. The van der Waals surface area contributed by atoms with Gasteiger partial charge in [-0.25, -0.2) is 0 Å². The zero-order valence-corrected chi connectivity index (χ0v) is 13.4. The first-order chi connectivity index (χ1) is 7.47. The number of benzene rings is 1. The number of rotatable bonds is 2. The van der Waals surface area contributed by atoms with Gasteiger partial charge in [0.15, 0.2) is 0 Å². The maximum atomic E-state index is 9.04. The maximum absolute atomic E-state index is 9.04. The van der Waals surface area contributed by atoms with Gasteiger partial charge in [0.1, 0.15) is 5.75 Å². The van der Waals surface area contributed by atoms with Crippen molar-refractivity contribution in [2.45, 2.75) is 13.3 Å². The molecule has 0 heterocycles. The molecule has 4 N–H and O–H groups in total. The van der Waals surface area contributed by atoms with Crippen molar-refractivity contribution in [3.8, 4) is 5.75 Å². The van der Waals surface area contributed by atoms with Gasteiger partial charge in [0, 0.05) is 5.17 Å². The zero-order valence-electron chi connectivity index (χ0n) is 9.80. The number of ether oxygens (including phenoxy) is 1. The molecule has 0 bridgehead atoms. The van der Waals surface area contributed by atoms with Gasteiger partial charge in [-0.3, -0.25) is 0 Å². The molecule has 0 spiro atoms. The SMILES string of the molecule is CCc1ccccc1OC(N)=S.NC([O-])=S.[Na+]. The molecule has 1 aromatic carbocycles. The molecule has 0 atom stereocenters. The molecule has 7 heteroatoms. The van der Waals surface area contributed by atoms with Crippen LogP contribution < -0.4 is 50.9 Å². The summed E-state index contributed by atoms with van der Waals surface area (Å²) in [7, 11) is 0. The van der Waals surface area contributed by atoms with Crippen LogP contribution in [0.2, 0.25) is 0 Å². The molecule has 0 aromatic heterocycles. The minimum absolute atomic E-state index is 0. The van der Waals surface area contributed by atoms with Crippen molar-refractivity contribution in [2.24, 2.45) is 11.5 Å². The first kappa shape index (κ1) is 19.0. The Labute approximate surface area is 134 Å². The van der Waals surface area contributed by atoms with Gasteiger partial charge in [-0.1, -0.05) is 37.3 Å². The molecule has 0 aliphatic heterocycles. The van der Waals surface area contributed by atoms with Gasteiger partial charge < -0.3 is 21.3 Å². The third-order valence-corrected chi connectivity index (χ3v) is 1.65. The molecule has 0 unspecified atom stereocenters. The largest absolute Gasteiger partial charge is 1.00 e. The molecule has 0 saturated heterocycles. The summed E-state index contributed by atoms with van der Waals surface area (Å²) in [6.07, 6.45) is 0.915. The number of para-hydroxylation sites is 1. The van der Waals surface area contributed by atoms with Gasteiger partial charge in [0.05, 0.1) is 0 Å². The van der Waals surface area contributed by atoms with E-state index in [1.165, 1.54) is 0 Å². The molecule has 0 amide bonds. The van der Waals surface area contributed by atoms with Crippen LogP contribution in [0.1, 0.15) is 12.5 Å². The van der Waals surface area contributed by atoms with Crippen LogP contribution in [0.25, 0.3) is 0 Å². The van der Waals surface area contributed by atoms with Gasteiger partial charge in [-0.2, -0.15) is 0 Å². The summed E-state index contributed by atoms with van der Waals surface area (Å²) < 4.78 is 5.15. The monoisotopic (exact) mass is 280 g/mol. The first-order valence-corrected chi connectivity index (χ1v) is 5.30. The molecule has 17 heavy (non-hydrogen) atoms. The van der Waals surface area contributed by atoms with E-state index in [9.17, 15) is 0 Å². The van der Waals surface area contributed by atoms with Crippen molar-refractivity contribution in [1.29, 1.82) is 0 Å². The van der Waals surface area contributed by atoms with Crippen molar-refractivity contribution >= 4 is 34.8 Å². The number of hydrogen-bond donors (Lipinski definition) is 2. The van der Waals surface area contributed by atoms with Gasteiger partial charge in [0.2, 0.25) is 0 Å².